The molecule has 3 heterocycles. The summed E-state index contributed by atoms with van der Waals surface area (Å²) in [7, 11) is 1.42. The lowest BCUT2D eigenvalue weighted by molar-refractivity contribution is -0.140. The van der Waals surface area contributed by atoms with Crippen LogP contribution in [0.15, 0.2) is 59.7 Å². The van der Waals surface area contributed by atoms with Crippen molar-refractivity contribution in [2.24, 2.45) is 0 Å². The fourth-order valence-electron chi connectivity index (χ4n) is 3.54. The van der Waals surface area contributed by atoms with Crippen LogP contribution in [0.2, 0.25) is 10.0 Å². The highest BCUT2D eigenvalue weighted by Crippen LogP contribution is 2.42. The Hall–Kier alpha value is -2.87. The van der Waals surface area contributed by atoms with Gasteiger partial charge in [0, 0.05) is 22.8 Å². The predicted octanol–water partition coefficient (Wildman–Crippen LogP) is 5.08. The zero-order chi connectivity index (χ0) is 22.1. The number of benzene rings is 1. The first-order valence-corrected chi connectivity index (χ1v) is 10.8. The number of rotatable bonds is 5. The van der Waals surface area contributed by atoms with Gasteiger partial charge in [0.1, 0.15) is 5.76 Å². The molecule has 31 heavy (non-hydrogen) atoms. The first kappa shape index (κ1) is 21.4. The third-order valence-electron chi connectivity index (χ3n) is 4.92. The number of carbonyl (C=O) groups excluding carboxylic acids is 2. The standard InChI is InChI=1S/C22H16Cl2N2O4S/c1-30-21-15(23)8-13(9-16(21)24)19(27)17-18(12-4-2-6-25-10-12)26(22(29)20(17)28)11-14-5-3-7-31-14/h2-10,18,27H,11H2,1H3/b19-17+. The summed E-state index contributed by atoms with van der Waals surface area (Å²) in [5, 5.41) is 13.3. The second kappa shape index (κ2) is 8.70. The summed E-state index contributed by atoms with van der Waals surface area (Å²) in [5.41, 5.74) is 0.760. The van der Waals surface area contributed by atoms with Crippen LogP contribution in [0.25, 0.3) is 5.76 Å². The molecule has 0 bridgehead atoms. The summed E-state index contributed by atoms with van der Waals surface area (Å²) >= 11 is 13.9. The number of thiophene rings is 1. The molecule has 1 aliphatic rings. The molecule has 1 aromatic carbocycles. The van der Waals surface area contributed by atoms with E-state index in [1.54, 1.807) is 24.5 Å². The summed E-state index contributed by atoms with van der Waals surface area (Å²) in [6.07, 6.45) is 3.16. The fraction of sp³-hybridized carbons (Fsp3) is 0.136. The molecule has 1 atom stereocenters. The van der Waals surface area contributed by atoms with Gasteiger partial charge in [-0.2, -0.15) is 0 Å². The van der Waals surface area contributed by atoms with E-state index in [9.17, 15) is 14.7 Å². The Labute approximate surface area is 192 Å². The molecule has 2 aromatic heterocycles. The van der Waals surface area contributed by atoms with Crippen molar-refractivity contribution in [1.82, 2.24) is 9.88 Å². The second-order valence-corrected chi connectivity index (χ2v) is 8.61. The predicted molar refractivity (Wildman–Crippen MR) is 119 cm³/mol. The van der Waals surface area contributed by atoms with Crippen LogP contribution < -0.4 is 4.74 Å². The first-order valence-electron chi connectivity index (χ1n) is 9.16. The molecular formula is C22H16Cl2N2O4S. The number of hydrogen-bond donors (Lipinski definition) is 1. The zero-order valence-electron chi connectivity index (χ0n) is 16.2. The molecule has 1 unspecified atom stereocenters. The summed E-state index contributed by atoms with van der Waals surface area (Å²) in [6.45, 7) is 0.225. The van der Waals surface area contributed by atoms with E-state index in [1.165, 1.54) is 35.5 Å². The first-order chi connectivity index (χ1) is 14.9. The number of ether oxygens (including phenoxy) is 1. The van der Waals surface area contributed by atoms with Gasteiger partial charge in [0.2, 0.25) is 0 Å². The molecule has 158 valence electrons. The number of hydrogen-bond acceptors (Lipinski definition) is 6. The number of aliphatic hydroxyl groups excluding tert-OH is 1. The van der Waals surface area contributed by atoms with Gasteiger partial charge in [-0.05, 0) is 35.2 Å². The minimum absolute atomic E-state index is 0.0492. The number of Topliss-reactive ketones (excluding diaryl/α,β-unsaturated/α-hetero) is 1. The number of ketones is 1. The van der Waals surface area contributed by atoms with E-state index in [4.69, 9.17) is 27.9 Å². The topological polar surface area (TPSA) is 79.7 Å². The largest absolute Gasteiger partial charge is 0.507 e. The molecule has 1 fully saturated rings. The average molecular weight is 475 g/mol. The van der Waals surface area contributed by atoms with Crippen LogP contribution in [0.1, 0.15) is 22.0 Å². The van der Waals surface area contributed by atoms with Crippen LogP contribution in [0.4, 0.5) is 0 Å². The minimum Gasteiger partial charge on any atom is -0.507 e. The van der Waals surface area contributed by atoms with Crippen molar-refractivity contribution < 1.29 is 19.4 Å². The smallest absolute Gasteiger partial charge is 0.295 e. The highest BCUT2D eigenvalue weighted by molar-refractivity contribution is 7.09. The molecule has 1 aliphatic heterocycles. The normalized spacial score (nSPS) is 17.9. The van der Waals surface area contributed by atoms with Crippen LogP contribution in [0.3, 0.4) is 0 Å². The molecule has 0 aliphatic carbocycles. The van der Waals surface area contributed by atoms with E-state index in [0.717, 1.165) is 4.88 Å². The molecule has 0 spiro atoms. The Morgan fingerprint density at radius 1 is 1.23 bits per heavy atom. The molecule has 4 rings (SSSR count). The van der Waals surface area contributed by atoms with Crippen molar-refractivity contribution in [3.63, 3.8) is 0 Å². The number of nitrogens with zero attached hydrogens (tertiary/aromatic N) is 2. The summed E-state index contributed by atoms with van der Waals surface area (Å²) in [4.78, 5) is 32.4. The lowest BCUT2D eigenvalue weighted by atomic mass is 9.96. The van der Waals surface area contributed by atoms with E-state index in [0.29, 0.717) is 5.56 Å². The summed E-state index contributed by atoms with van der Waals surface area (Å²) < 4.78 is 5.14. The van der Waals surface area contributed by atoms with Gasteiger partial charge in [-0.3, -0.25) is 14.6 Å². The van der Waals surface area contributed by atoms with Crippen molar-refractivity contribution in [3.8, 4) is 5.75 Å². The van der Waals surface area contributed by atoms with E-state index >= 15 is 0 Å². The SMILES string of the molecule is COc1c(Cl)cc(/C(O)=C2\C(=O)C(=O)N(Cc3cccs3)C2c2cccnc2)cc1Cl. The quantitative estimate of drug-likeness (QED) is 0.316. The third kappa shape index (κ3) is 3.92. The number of carbonyl (C=O) groups is 2. The van der Waals surface area contributed by atoms with Gasteiger partial charge in [0.15, 0.2) is 5.75 Å². The molecule has 1 amide bonds. The highest BCUT2D eigenvalue weighted by atomic mass is 35.5. The Morgan fingerprint density at radius 2 is 1.97 bits per heavy atom. The van der Waals surface area contributed by atoms with Gasteiger partial charge in [-0.15, -0.1) is 11.3 Å². The molecule has 0 radical (unpaired) electrons. The van der Waals surface area contributed by atoms with Crippen LogP contribution in [0.5, 0.6) is 5.75 Å². The van der Waals surface area contributed by atoms with Gasteiger partial charge in [-0.25, -0.2) is 0 Å². The van der Waals surface area contributed by atoms with Crippen molar-refractivity contribution >= 4 is 52.0 Å². The van der Waals surface area contributed by atoms with E-state index in [1.807, 2.05) is 17.5 Å². The minimum atomic E-state index is -0.810. The van der Waals surface area contributed by atoms with Crippen molar-refractivity contribution in [1.29, 1.82) is 0 Å². The second-order valence-electron chi connectivity index (χ2n) is 6.77. The Balaban J connectivity index is 1.88. The molecule has 1 saturated heterocycles. The van der Waals surface area contributed by atoms with Crippen LogP contribution in [-0.4, -0.2) is 33.8 Å². The van der Waals surface area contributed by atoms with Crippen LogP contribution >= 0.6 is 34.5 Å². The summed E-state index contributed by atoms with van der Waals surface area (Å²) in [5.74, 6) is -1.60. The lowest BCUT2D eigenvalue weighted by Gasteiger charge is -2.24. The number of likely N-dealkylation sites (tertiary alicyclic amines) is 1. The Bertz CT molecular complexity index is 1160. The number of pyridine rings is 1. The fourth-order valence-corrected chi connectivity index (χ4v) is 4.89. The zero-order valence-corrected chi connectivity index (χ0v) is 18.5. The average Bonchev–Trinajstić information content (AvgIpc) is 3.36. The highest BCUT2D eigenvalue weighted by Gasteiger charge is 2.46. The number of aliphatic hydroxyl groups is 1. The van der Waals surface area contributed by atoms with Crippen molar-refractivity contribution in [2.75, 3.05) is 7.11 Å². The molecule has 9 heteroatoms. The van der Waals surface area contributed by atoms with E-state index < -0.39 is 17.7 Å². The Kier molecular flexibility index (Phi) is 6.00. The van der Waals surface area contributed by atoms with Gasteiger partial charge < -0.3 is 14.7 Å². The van der Waals surface area contributed by atoms with Gasteiger partial charge >= 0.3 is 0 Å². The molecular weight excluding hydrogens is 459 g/mol. The third-order valence-corrected chi connectivity index (χ3v) is 6.34. The maximum atomic E-state index is 13.0. The molecule has 0 saturated carbocycles. The maximum Gasteiger partial charge on any atom is 0.295 e. The number of aromatic nitrogens is 1. The van der Waals surface area contributed by atoms with Gasteiger partial charge in [-0.1, -0.05) is 35.3 Å². The van der Waals surface area contributed by atoms with Crippen LogP contribution in [0, 0.1) is 0 Å². The molecule has 1 N–H and O–H groups in total. The van der Waals surface area contributed by atoms with Gasteiger partial charge in [0.25, 0.3) is 11.7 Å². The Morgan fingerprint density at radius 3 is 2.55 bits per heavy atom. The van der Waals surface area contributed by atoms with Crippen LogP contribution in [-0.2, 0) is 16.1 Å². The number of methoxy groups -OCH3 is 1. The molecule has 6 nitrogen and oxygen atoms in total. The van der Waals surface area contributed by atoms with E-state index in [-0.39, 0.29) is 39.2 Å². The monoisotopic (exact) mass is 474 g/mol. The summed E-state index contributed by atoms with van der Waals surface area (Å²) in [6, 6.07) is 9.29. The number of halogens is 2. The number of amides is 1. The lowest BCUT2D eigenvalue weighted by Crippen LogP contribution is -2.28. The van der Waals surface area contributed by atoms with Crippen molar-refractivity contribution in [2.45, 2.75) is 12.6 Å². The maximum absolute atomic E-state index is 13.0. The van der Waals surface area contributed by atoms with Gasteiger partial charge in [0.05, 0.1) is 35.3 Å². The molecule has 3 aromatic rings. The van der Waals surface area contributed by atoms with E-state index in [2.05, 4.69) is 4.98 Å². The van der Waals surface area contributed by atoms with Crippen molar-refractivity contribution in [3.05, 3.63) is 85.8 Å².